The Kier molecular flexibility index (Phi) is 9.01. The van der Waals surface area contributed by atoms with Gasteiger partial charge in [-0.25, -0.2) is 18.1 Å². The number of benzene rings is 3. The number of carbonyl (C=O) groups excluding carboxylic acids is 1. The number of fused-ring (bicyclic) bond motifs is 1. The molecule has 0 saturated carbocycles. The van der Waals surface area contributed by atoms with E-state index in [1.165, 1.54) is 29.0 Å². The number of hydrogen-bond donors (Lipinski definition) is 1. The van der Waals surface area contributed by atoms with Gasteiger partial charge in [-0.2, -0.15) is 5.11 Å². The van der Waals surface area contributed by atoms with Gasteiger partial charge in [0.25, 0.3) is 10.0 Å². The van der Waals surface area contributed by atoms with Crippen molar-refractivity contribution in [3.63, 3.8) is 0 Å². The Hall–Kier alpha value is -4.15. The predicted molar refractivity (Wildman–Crippen MR) is 161 cm³/mol. The van der Waals surface area contributed by atoms with Crippen molar-refractivity contribution in [3.8, 4) is 11.3 Å². The Labute approximate surface area is 243 Å². The van der Waals surface area contributed by atoms with Gasteiger partial charge in [0.1, 0.15) is 17.6 Å². The number of unbranched alkanes of at least 4 members (excludes halogenated alkanes) is 2. The number of para-hydroxylation sites is 1. The number of sulfonamides is 1. The van der Waals surface area contributed by atoms with Crippen LogP contribution in [0.5, 0.6) is 0 Å². The summed E-state index contributed by atoms with van der Waals surface area (Å²) in [6, 6.07) is 27.5. The number of aromatic nitrogens is 1. The number of rotatable bonds is 12. The lowest BCUT2D eigenvalue weighted by Crippen LogP contribution is -2.30. The SMILES string of the molecule is CC(N=Nc1nc2ccccc2s1)c1ccc(-c2cccc(S(=O)(=O)NC(=O)CCCCCc3ccccc3)c2)o1. The van der Waals surface area contributed by atoms with Gasteiger partial charge in [-0.15, -0.1) is 5.11 Å². The molecule has 8 nitrogen and oxygen atoms in total. The molecule has 10 heteroatoms. The van der Waals surface area contributed by atoms with Gasteiger partial charge in [0.15, 0.2) is 0 Å². The number of thiazole rings is 1. The van der Waals surface area contributed by atoms with Gasteiger partial charge in [-0.1, -0.05) is 72.4 Å². The summed E-state index contributed by atoms with van der Waals surface area (Å²) in [6.07, 6.45) is 3.50. The molecule has 2 aromatic heterocycles. The Morgan fingerprint density at radius 2 is 1.76 bits per heavy atom. The number of nitrogens with zero attached hydrogens (tertiary/aromatic N) is 3. The molecule has 0 bridgehead atoms. The van der Waals surface area contributed by atoms with E-state index in [9.17, 15) is 13.2 Å². The van der Waals surface area contributed by atoms with Crippen LogP contribution in [-0.4, -0.2) is 19.3 Å². The second-order valence-corrected chi connectivity index (χ2v) is 12.4. The van der Waals surface area contributed by atoms with Crippen LogP contribution in [0.1, 0.15) is 50.0 Å². The van der Waals surface area contributed by atoms with Crippen LogP contribution in [-0.2, 0) is 21.2 Å². The van der Waals surface area contributed by atoms with E-state index in [2.05, 4.69) is 32.1 Å². The van der Waals surface area contributed by atoms with Gasteiger partial charge < -0.3 is 4.42 Å². The predicted octanol–water partition coefficient (Wildman–Crippen LogP) is 8.01. The zero-order valence-electron chi connectivity index (χ0n) is 22.6. The molecule has 41 heavy (non-hydrogen) atoms. The summed E-state index contributed by atoms with van der Waals surface area (Å²) in [5.41, 5.74) is 2.71. The Morgan fingerprint density at radius 3 is 2.59 bits per heavy atom. The molecule has 1 unspecified atom stereocenters. The van der Waals surface area contributed by atoms with Crippen molar-refractivity contribution in [2.24, 2.45) is 10.2 Å². The van der Waals surface area contributed by atoms with E-state index < -0.39 is 15.9 Å². The van der Waals surface area contributed by atoms with E-state index in [4.69, 9.17) is 4.42 Å². The van der Waals surface area contributed by atoms with Gasteiger partial charge in [-0.05, 0) is 68.1 Å². The highest BCUT2D eigenvalue weighted by Crippen LogP contribution is 2.31. The standard InChI is InChI=1S/C31H30N4O4S2/c1-22(33-34-31-32-26-16-8-9-17-29(26)40-31)27-19-20-28(39-27)24-14-10-15-25(21-24)41(37,38)35-30(36)18-7-3-6-13-23-11-4-2-5-12-23/h2,4-5,8-12,14-17,19-22H,3,6-7,13,18H2,1H3,(H,35,36). The fourth-order valence-electron chi connectivity index (χ4n) is 4.34. The zero-order valence-corrected chi connectivity index (χ0v) is 24.2. The maximum absolute atomic E-state index is 12.9. The van der Waals surface area contributed by atoms with Crippen LogP contribution in [0.4, 0.5) is 5.13 Å². The first-order valence-electron chi connectivity index (χ1n) is 13.4. The van der Waals surface area contributed by atoms with Crippen molar-refractivity contribution in [1.29, 1.82) is 0 Å². The third-order valence-corrected chi connectivity index (χ3v) is 8.82. The van der Waals surface area contributed by atoms with E-state index >= 15 is 0 Å². The molecule has 1 atom stereocenters. The highest BCUT2D eigenvalue weighted by molar-refractivity contribution is 7.90. The molecule has 1 amide bonds. The molecule has 0 saturated heterocycles. The maximum atomic E-state index is 12.9. The molecular formula is C31H30N4O4S2. The van der Waals surface area contributed by atoms with E-state index in [1.54, 1.807) is 24.3 Å². The molecular weight excluding hydrogens is 556 g/mol. The third-order valence-electron chi connectivity index (χ3n) is 6.53. The molecule has 5 rings (SSSR count). The number of furan rings is 1. The minimum atomic E-state index is -4.02. The first-order valence-corrected chi connectivity index (χ1v) is 15.7. The molecule has 0 spiro atoms. The Balaban J connectivity index is 1.16. The van der Waals surface area contributed by atoms with E-state index in [0.29, 0.717) is 28.6 Å². The van der Waals surface area contributed by atoms with Gasteiger partial charge in [-0.3, -0.25) is 4.79 Å². The second-order valence-electron chi connectivity index (χ2n) is 9.66. The summed E-state index contributed by atoms with van der Waals surface area (Å²) in [5.74, 6) is 0.560. The van der Waals surface area contributed by atoms with E-state index in [0.717, 1.165) is 29.5 Å². The van der Waals surface area contributed by atoms with Crippen LogP contribution in [0, 0.1) is 0 Å². The molecule has 3 aromatic carbocycles. The fourth-order valence-corrected chi connectivity index (χ4v) is 6.19. The number of carbonyl (C=O) groups is 1. The van der Waals surface area contributed by atoms with E-state index in [-0.39, 0.29) is 17.4 Å². The molecule has 1 N–H and O–H groups in total. The lowest BCUT2D eigenvalue weighted by Gasteiger charge is -2.08. The minimum Gasteiger partial charge on any atom is -0.459 e. The lowest BCUT2D eigenvalue weighted by molar-refractivity contribution is -0.119. The van der Waals surface area contributed by atoms with Crippen molar-refractivity contribution < 1.29 is 17.6 Å². The average Bonchev–Trinajstić information content (AvgIpc) is 3.64. The van der Waals surface area contributed by atoms with Crippen molar-refractivity contribution in [2.75, 3.05) is 0 Å². The molecule has 210 valence electrons. The van der Waals surface area contributed by atoms with Gasteiger partial charge >= 0.3 is 0 Å². The summed E-state index contributed by atoms with van der Waals surface area (Å²) in [4.78, 5) is 16.8. The van der Waals surface area contributed by atoms with Crippen LogP contribution in [0.2, 0.25) is 0 Å². The van der Waals surface area contributed by atoms with Gasteiger partial charge in [0.05, 0.1) is 15.1 Å². The highest BCUT2D eigenvalue weighted by Gasteiger charge is 2.19. The zero-order chi connectivity index (χ0) is 28.7. The molecule has 0 aliphatic carbocycles. The van der Waals surface area contributed by atoms with Crippen molar-refractivity contribution in [1.82, 2.24) is 9.71 Å². The van der Waals surface area contributed by atoms with Crippen molar-refractivity contribution in [2.45, 2.75) is 50.0 Å². The smallest absolute Gasteiger partial charge is 0.264 e. The summed E-state index contributed by atoms with van der Waals surface area (Å²) in [7, 11) is -4.02. The minimum absolute atomic E-state index is 0.00560. The first-order chi connectivity index (χ1) is 19.9. The largest absolute Gasteiger partial charge is 0.459 e. The third kappa shape index (κ3) is 7.53. The summed E-state index contributed by atoms with van der Waals surface area (Å²) < 4.78 is 35.0. The van der Waals surface area contributed by atoms with Crippen LogP contribution in [0.25, 0.3) is 21.5 Å². The highest BCUT2D eigenvalue weighted by atomic mass is 32.2. The van der Waals surface area contributed by atoms with Crippen LogP contribution in [0.3, 0.4) is 0 Å². The summed E-state index contributed by atoms with van der Waals surface area (Å²) >= 11 is 1.46. The molecule has 0 aliphatic rings. The molecule has 5 aromatic rings. The molecule has 0 aliphatic heterocycles. The molecule has 2 heterocycles. The number of aryl methyl sites for hydroxylation is 1. The summed E-state index contributed by atoms with van der Waals surface area (Å²) in [6.45, 7) is 1.86. The van der Waals surface area contributed by atoms with Gasteiger partial charge in [0, 0.05) is 12.0 Å². The van der Waals surface area contributed by atoms with E-state index in [1.807, 2.05) is 49.4 Å². The number of amides is 1. The second kappa shape index (κ2) is 13.0. The normalized spacial score (nSPS) is 12.6. The van der Waals surface area contributed by atoms with Crippen LogP contribution < -0.4 is 4.72 Å². The maximum Gasteiger partial charge on any atom is 0.264 e. The quantitative estimate of drug-likeness (QED) is 0.117. The van der Waals surface area contributed by atoms with Crippen molar-refractivity contribution in [3.05, 3.63) is 102 Å². The fraction of sp³-hybridized carbons (Fsp3) is 0.226. The van der Waals surface area contributed by atoms with Crippen LogP contribution in [0.15, 0.2) is 111 Å². The Bertz CT molecular complexity index is 1730. The first kappa shape index (κ1) is 28.4. The van der Waals surface area contributed by atoms with Crippen LogP contribution >= 0.6 is 11.3 Å². The number of azo groups is 1. The monoisotopic (exact) mass is 586 g/mol. The number of hydrogen-bond acceptors (Lipinski definition) is 8. The van der Waals surface area contributed by atoms with Crippen molar-refractivity contribution >= 4 is 42.6 Å². The topological polar surface area (TPSA) is 114 Å². The molecule has 0 radical (unpaired) electrons. The van der Waals surface area contributed by atoms with Gasteiger partial charge in [0.2, 0.25) is 11.0 Å². The Morgan fingerprint density at radius 1 is 0.951 bits per heavy atom. The lowest BCUT2D eigenvalue weighted by atomic mass is 10.1. The average molecular weight is 587 g/mol. The number of nitrogens with one attached hydrogen (secondary N) is 1. The molecule has 0 fully saturated rings. The summed E-state index contributed by atoms with van der Waals surface area (Å²) in [5, 5.41) is 9.18.